The third-order valence-electron chi connectivity index (χ3n) is 1.39. The molecule has 0 amide bonds. The summed E-state index contributed by atoms with van der Waals surface area (Å²) >= 11 is 0. The molecule has 3 nitrogen and oxygen atoms in total. The van der Waals surface area contributed by atoms with Crippen molar-refractivity contribution in [3.8, 4) is 0 Å². The second kappa shape index (κ2) is 6.43. The molecule has 1 rings (SSSR count). The van der Waals surface area contributed by atoms with Crippen LogP contribution in [-0.2, 0) is 0 Å². The van der Waals surface area contributed by atoms with Crippen LogP contribution in [0.3, 0.4) is 0 Å². The lowest BCUT2D eigenvalue weighted by Crippen LogP contribution is -2.14. The van der Waals surface area contributed by atoms with Gasteiger partial charge in [0.1, 0.15) is 0 Å². The number of H-pyrrole nitrogens is 1. The molecule has 0 aliphatic carbocycles. The summed E-state index contributed by atoms with van der Waals surface area (Å²) < 4.78 is 0. The van der Waals surface area contributed by atoms with Gasteiger partial charge in [0.05, 0.1) is 17.6 Å². The average molecular weight is 181 g/mol. The molecule has 0 saturated carbocycles. The minimum Gasteiger partial charge on any atom is -0.360 e. The van der Waals surface area contributed by atoms with E-state index in [0.717, 1.165) is 11.4 Å². The third kappa shape index (κ3) is 4.48. The molecule has 0 bridgehead atoms. The van der Waals surface area contributed by atoms with Crippen molar-refractivity contribution in [1.82, 2.24) is 4.98 Å². The lowest BCUT2D eigenvalue weighted by atomic mass is 10.3. The van der Waals surface area contributed by atoms with Crippen molar-refractivity contribution in [1.29, 1.82) is 0 Å². The maximum atomic E-state index is 5.50. The molecular weight excluding hydrogens is 162 g/mol. The van der Waals surface area contributed by atoms with Gasteiger partial charge in [0.15, 0.2) is 0 Å². The predicted octanol–water partition coefficient (Wildman–Crippen LogP) is 2.15. The van der Waals surface area contributed by atoms with Gasteiger partial charge in [-0.15, -0.1) is 0 Å². The fraction of sp³-hybridized carbons (Fsp3) is 0.500. The van der Waals surface area contributed by atoms with Crippen LogP contribution in [0.4, 0.5) is 0 Å². The normalized spacial score (nSPS) is 13.2. The number of rotatable bonds is 2. The van der Waals surface area contributed by atoms with Gasteiger partial charge in [-0.05, 0) is 26.0 Å². The number of hydrogen-bond acceptors (Lipinski definition) is 2. The van der Waals surface area contributed by atoms with Crippen molar-refractivity contribution < 1.29 is 0 Å². The molecule has 74 valence electrons. The van der Waals surface area contributed by atoms with E-state index < -0.39 is 0 Å². The second-order valence-corrected chi connectivity index (χ2v) is 2.54. The monoisotopic (exact) mass is 181 g/mol. The zero-order chi connectivity index (χ0) is 10.3. The summed E-state index contributed by atoms with van der Waals surface area (Å²) in [5.41, 5.74) is 7.48. The van der Waals surface area contributed by atoms with E-state index in [9.17, 15) is 0 Å². The predicted molar refractivity (Wildman–Crippen MR) is 58.0 cm³/mol. The summed E-state index contributed by atoms with van der Waals surface area (Å²) in [4.78, 5) is 7.24. The van der Waals surface area contributed by atoms with E-state index in [1.54, 1.807) is 0 Å². The van der Waals surface area contributed by atoms with Crippen molar-refractivity contribution in [2.24, 2.45) is 10.7 Å². The Bertz CT molecular complexity index is 235. The van der Waals surface area contributed by atoms with E-state index in [1.807, 2.05) is 46.0 Å². The Labute approximate surface area is 80.1 Å². The molecule has 13 heavy (non-hydrogen) atoms. The van der Waals surface area contributed by atoms with Crippen LogP contribution in [-0.4, -0.2) is 16.9 Å². The summed E-state index contributed by atoms with van der Waals surface area (Å²) in [5.74, 6) is 0. The molecule has 0 saturated heterocycles. The van der Waals surface area contributed by atoms with Gasteiger partial charge in [-0.2, -0.15) is 0 Å². The number of nitrogens with zero attached hydrogens (tertiary/aromatic N) is 1. The van der Waals surface area contributed by atoms with Gasteiger partial charge in [0, 0.05) is 6.20 Å². The maximum Gasteiger partial charge on any atom is 0.0944 e. The van der Waals surface area contributed by atoms with E-state index in [1.165, 1.54) is 0 Å². The van der Waals surface area contributed by atoms with Crippen LogP contribution in [0.1, 0.15) is 33.4 Å². The largest absolute Gasteiger partial charge is 0.360 e. The van der Waals surface area contributed by atoms with Gasteiger partial charge >= 0.3 is 0 Å². The minimum absolute atomic E-state index is 0.127. The van der Waals surface area contributed by atoms with E-state index in [0.29, 0.717) is 0 Å². The van der Waals surface area contributed by atoms with Gasteiger partial charge in [0.2, 0.25) is 0 Å². The number of aromatic nitrogens is 1. The Morgan fingerprint density at radius 3 is 2.54 bits per heavy atom. The molecule has 0 radical (unpaired) electrons. The highest BCUT2D eigenvalue weighted by atomic mass is 14.9. The van der Waals surface area contributed by atoms with E-state index >= 15 is 0 Å². The van der Waals surface area contributed by atoms with Crippen molar-refractivity contribution in [2.75, 3.05) is 0 Å². The molecule has 1 heterocycles. The molecule has 0 fully saturated rings. The van der Waals surface area contributed by atoms with Gasteiger partial charge in [-0.1, -0.05) is 13.8 Å². The van der Waals surface area contributed by atoms with Crippen LogP contribution in [0.5, 0.6) is 0 Å². The number of hydrogen-bond donors (Lipinski definition) is 2. The molecule has 0 spiro atoms. The highest BCUT2D eigenvalue weighted by Gasteiger charge is 1.96. The molecule has 1 aromatic heterocycles. The maximum absolute atomic E-state index is 5.50. The van der Waals surface area contributed by atoms with E-state index in [2.05, 4.69) is 9.98 Å². The SMILES string of the molecule is C/C(=N/C(C)N)c1ccc[nH]1.CC. The van der Waals surface area contributed by atoms with Crippen LogP contribution in [0.2, 0.25) is 0 Å². The zero-order valence-corrected chi connectivity index (χ0v) is 8.83. The lowest BCUT2D eigenvalue weighted by Gasteiger charge is -1.99. The topological polar surface area (TPSA) is 54.2 Å². The van der Waals surface area contributed by atoms with Crippen molar-refractivity contribution >= 4 is 5.71 Å². The Hall–Kier alpha value is -1.09. The molecule has 1 atom stereocenters. The summed E-state index contributed by atoms with van der Waals surface area (Å²) in [6.45, 7) is 7.79. The molecule has 0 aliphatic rings. The smallest absolute Gasteiger partial charge is 0.0944 e. The quantitative estimate of drug-likeness (QED) is 0.675. The summed E-state index contributed by atoms with van der Waals surface area (Å²) in [5, 5.41) is 0. The number of nitrogens with two attached hydrogens (primary N) is 1. The summed E-state index contributed by atoms with van der Waals surface area (Å²) in [7, 11) is 0. The molecule has 0 aromatic carbocycles. The van der Waals surface area contributed by atoms with Gasteiger partial charge in [-0.3, -0.25) is 4.99 Å². The fourth-order valence-electron chi connectivity index (χ4n) is 0.930. The molecule has 3 heteroatoms. The Morgan fingerprint density at radius 2 is 2.15 bits per heavy atom. The molecule has 3 N–H and O–H groups in total. The van der Waals surface area contributed by atoms with Crippen LogP contribution in [0.25, 0.3) is 0 Å². The molecule has 0 aliphatic heterocycles. The van der Waals surface area contributed by atoms with E-state index in [4.69, 9.17) is 5.73 Å². The van der Waals surface area contributed by atoms with Crippen molar-refractivity contribution in [2.45, 2.75) is 33.9 Å². The molecular formula is C10H19N3. The highest BCUT2D eigenvalue weighted by molar-refractivity contribution is 5.97. The van der Waals surface area contributed by atoms with Crippen LogP contribution < -0.4 is 5.73 Å². The number of aromatic amines is 1. The number of aliphatic imine (C=N–C) groups is 1. The molecule has 1 aromatic rings. The van der Waals surface area contributed by atoms with Crippen LogP contribution >= 0.6 is 0 Å². The standard InChI is InChI=1S/C8H13N3.C2H6/c1-6(11-7(2)9)8-4-3-5-10-8;1-2/h3-5,7,10H,9H2,1-2H3;1-2H3/b11-6-;. The first-order valence-corrected chi connectivity index (χ1v) is 4.64. The third-order valence-corrected chi connectivity index (χ3v) is 1.39. The first-order valence-electron chi connectivity index (χ1n) is 4.64. The van der Waals surface area contributed by atoms with Crippen molar-refractivity contribution in [3.05, 3.63) is 24.0 Å². The zero-order valence-electron chi connectivity index (χ0n) is 8.83. The first kappa shape index (κ1) is 11.9. The Balaban J connectivity index is 0.000000671. The van der Waals surface area contributed by atoms with Crippen molar-refractivity contribution in [3.63, 3.8) is 0 Å². The summed E-state index contributed by atoms with van der Waals surface area (Å²) in [6.07, 6.45) is 1.74. The van der Waals surface area contributed by atoms with E-state index in [-0.39, 0.29) is 6.17 Å². The number of nitrogens with one attached hydrogen (secondary N) is 1. The first-order chi connectivity index (χ1) is 6.20. The fourth-order valence-corrected chi connectivity index (χ4v) is 0.930. The minimum atomic E-state index is -0.127. The van der Waals surface area contributed by atoms with Gasteiger partial charge in [0.25, 0.3) is 0 Å². The Morgan fingerprint density at radius 1 is 1.54 bits per heavy atom. The Kier molecular flexibility index (Phi) is 5.89. The van der Waals surface area contributed by atoms with Gasteiger partial charge in [-0.25, -0.2) is 0 Å². The molecule has 1 unspecified atom stereocenters. The van der Waals surface area contributed by atoms with Gasteiger partial charge < -0.3 is 10.7 Å². The van der Waals surface area contributed by atoms with Crippen LogP contribution in [0, 0.1) is 0 Å². The highest BCUT2D eigenvalue weighted by Crippen LogP contribution is 1.97. The second-order valence-electron chi connectivity index (χ2n) is 2.54. The lowest BCUT2D eigenvalue weighted by molar-refractivity contribution is 0.791. The summed E-state index contributed by atoms with van der Waals surface area (Å²) in [6, 6.07) is 3.91. The van der Waals surface area contributed by atoms with Crippen LogP contribution in [0.15, 0.2) is 23.3 Å². The average Bonchev–Trinajstić information content (AvgIpc) is 2.58.